The molecule has 1 aliphatic carbocycles. The molecule has 3 N–H and O–H groups in total. The lowest BCUT2D eigenvalue weighted by atomic mass is 9.78. The van der Waals surface area contributed by atoms with Crippen molar-refractivity contribution in [2.24, 2.45) is 17.6 Å². The van der Waals surface area contributed by atoms with Gasteiger partial charge in [-0.1, -0.05) is 31.0 Å². The van der Waals surface area contributed by atoms with E-state index in [0.29, 0.717) is 12.5 Å². The van der Waals surface area contributed by atoms with Crippen molar-refractivity contribution in [3.05, 3.63) is 29.8 Å². The maximum absolute atomic E-state index is 12.5. The number of nitrogens with two attached hydrogens (primary N) is 1. The van der Waals surface area contributed by atoms with Crippen LogP contribution in [0.15, 0.2) is 24.3 Å². The Morgan fingerprint density at radius 3 is 2.81 bits per heavy atom. The van der Waals surface area contributed by atoms with Gasteiger partial charge in [0.25, 0.3) is 0 Å². The normalized spacial score (nSPS) is 23.4. The van der Waals surface area contributed by atoms with Crippen LogP contribution in [0.4, 0.5) is 0 Å². The number of para-hydroxylation sites is 1. The lowest BCUT2D eigenvalue weighted by molar-refractivity contribution is -0.128. The van der Waals surface area contributed by atoms with Crippen molar-refractivity contribution >= 4 is 5.91 Å². The Balaban J connectivity index is 2.04. The second-order valence-electron chi connectivity index (χ2n) is 5.86. The van der Waals surface area contributed by atoms with E-state index in [4.69, 9.17) is 10.5 Å². The van der Waals surface area contributed by atoms with Gasteiger partial charge in [-0.3, -0.25) is 4.79 Å². The number of carbonyl (C=O) groups excluding carboxylic acids is 1. The van der Waals surface area contributed by atoms with E-state index in [9.17, 15) is 4.79 Å². The fourth-order valence-electron chi connectivity index (χ4n) is 3.26. The first-order valence-corrected chi connectivity index (χ1v) is 7.80. The summed E-state index contributed by atoms with van der Waals surface area (Å²) in [5, 5.41) is 3.13. The van der Waals surface area contributed by atoms with Crippen LogP contribution < -0.4 is 15.8 Å². The third kappa shape index (κ3) is 3.76. The van der Waals surface area contributed by atoms with Crippen molar-refractivity contribution in [1.29, 1.82) is 0 Å². The van der Waals surface area contributed by atoms with E-state index in [-0.39, 0.29) is 17.9 Å². The molecule has 21 heavy (non-hydrogen) atoms. The molecule has 1 fully saturated rings. The maximum Gasteiger partial charge on any atom is 0.223 e. The van der Waals surface area contributed by atoms with Gasteiger partial charge in [-0.2, -0.15) is 0 Å². The molecule has 0 bridgehead atoms. The van der Waals surface area contributed by atoms with Crippen LogP contribution in [0, 0.1) is 11.8 Å². The molecular weight excluding hydrogens is 264 g/mol. The van der Waals surface area contributed by atoms with Gasteiger partial charge in [0.05, 0.1) is 13.2 Å². The van der Waals surface area contributed by atoms with E-state index in [1.807, 2.05) is 31.2 Å². The molecule has 4 nitrogen and oxygen atoms in total. The van der Waals surface area contributed by atoms with Gasteiger partial charge >= 0.3 is 0 Å². The molecule has 0 spiro atoms. The van der Waals surface area contributed by atoms with Crippen LogP contribution in [0.5, 0.6) is 5.75 Å². The summed E-state index contributed by atoms with van der Waals surface area (Å²) >= 11 is 0. The van der Waals surface area contributed by atoms with Crippen LogP contribution in [-0.2, 0) is 4.79 Å². The van der Waals surface area contributed by atoms with Crippen molar-refractivity contribution < 1.29 is 9.53 Å². The van der Waals surface area contributed by atoms with Crippen LogP contribution in [-0.4, -0.2) is 19.6 Å². The molecule has 116 valence electrons. The molecule has 0 aromatic heterocycles. The van der Waals surface area contributed by atoms with Gasteiger partial charge in [-0.15, -0.1) is 0 Å². The van der Waals surface area contributed by atoms with Crippen molar-refractivity contribution in [3.63, 3.8) is 0 Å². The Labute approximate surface area is 127 Å². The molecule has 1 aromatic carbocycles. The molecule has 1 aromatic rings. The Bertz CT molecular complexity index is 476. The summed E-state index contributed by atoms with van der Waals surface area (Å²) in [4.78, 5) is 12.5. The third-order valence-corrected chi connectivity index (χ3v) is 4.51. The molecule has 0 saturated heterocycles. The summed E-state index contributed by atoms with van der Waals surface area (Å²) in [6.45, 7) is 2.59. The highest BCUT2D eigenvalue weighted by Gasteiger charge is 2.30. The highest BCUT2D eigenvalue weighted by Crippen LogP contribution is 2.31. The first-order valence-electron chi connectivity index (χ1n) is 7.80. The lowest BCUT2D eigenvalue weighted by Gasteiger charge is -2.30. The van der Waals surface area contributed by atoms with Gasteiger partial charge in [-0.25, -0.2) is 0 Å². The summed E-state index contributed by atoms with van der Waals surface area (Å²) in [5.74, 6) is 1.32. The van der Waals surface area contributed by atoms with Crippen LogP contribution in [0.25, 0.3) is 0 Å². The highest BCUT2D eigenvalue weighted by molar-refractivity contribution is 5.79. The molecule has 0 heterocycles. The number of amides is 1. The van der Waals surface area contributed by atoms with Crippen LogP contribution in [0.1, 0.15) is 44.2 Å². The van der Waals surface area contributed by atoms with E-state index in [2.05, 4.69) is 5.32 Å². The van der Waals surface area contributed by atoms with Crippen LogP contribution in [0.3, 0.4) is 0 Å². The Morgan fingerprint density at radius 2 is 2.10 bits per heavy atom. The number of carbonyl (C=O) groups is 1. The smallest absolute Gasteiger partial charge is 0.223 e. The molecular formula is C17H26N2O2. The Morgan fingerprint density at radius 1 is 1.38 bits per heavy atom. The minimum Gasteiger partial charge on any atom is -0.496 e. The topological polar surface area (TPSA) is 64.3 Å². The molecule has 1 aliphatic rings. The summed E-state index contributed by atoms with van der Waals surface area (Å²) in [6, 6.07) is 7.74. The molecule has 2 unspecified atom stereocenters. The zero-order chi connectivity index (χ0) is 15.2. The van der Waals surface area contributed by atoms with E-state index in [0.717, 1.165) is 30.6 Å². The van der Waals surface area contributed by atoms with Gasteiger partial charge in [-0.05, 0) is 38.3 Å². The number of hydrogen-bond donors (Lipinski definition) is 2. The predicted molar refractivity (Wildman–Crippen MR) is 84.1 cm³/mol. The lowest BCUT2D eigenvalue weighted by Crippen LogP contribution is -2.40. The number of ether oxygens (including phenoxy) is 1. The van der Waals surface area contributed by atoms with Crippen LogP contribution >= 0.6 is 0 Å². The fraction of sp³-hybridized carbons (Fsp3) is 0.588. The molecule has 4 heteroatoms. The SMILES string of the molecule is COc1ccccc1[C@H](C)NC(=O)C1CCCCC1CN. The largest absolute Gasteiger partial charge is 0.496 e. The van der Waals surface area contributed by atoms with Gasteiger partial charge in [0.1, 0.15) is 5.75 Å². The summed E-state index contributed by atoms with van der Waals surface area (Å²) in [5.41, 5.74) is 6.83. The quantitative estimate of drug-likeness (QED) is 0.876. The summed E-state index contributed by atoms with van der Waals surface area (Å²) < 4.78 is 5.36. The second-order valence-corrected chi connectivity index (χ2v) is 5.86. The molecule has 0 aliphatic heterocycles. The average molecular weight is 290 g/mol. The number of hydrogen-bond acceptors (Lipinski definition) is 3. The maximum atomic E-state index is 12.5. The fourth-order valence-corrected chi connectivity index (χ4v) is 3.26. The number of rotatable bonds is 5. The first kappa shape index (κ1) is 15.8. The summed E-state index contributed by atoms with van der Waals surface area (Å²) in [6.07, 6.45) is 4.33. The minimum absolute atomic E-state index is 0.0564. The van der Waals surface area contributed by atoms with Crippen molar-refractivity contribution in [3.8, 4) is 5.75 Å². The Kier molecular flexibility index (Phi) is 5.62. The average Bonchev–Trinajstić information content (AvgIpc) is 2.54. The van der Waals surface area contributed by atoms with Crippen molar-refractivity contribution in [1.82, 2.24) is 5.32 Å². The molecule has 1 saturated carbocycles. The van der Waals surface area contributed by atoms with Gasteiger partial charge < -0.3 is 15.8 Å². The van der Waals surface area contributed by atoms with Crippen LogP contribution in [0.2, 0.25) is 0 Å². The van der Waals surface area contributed by atoms with E-state index in [1.165, 1.54) is 6.42 Å². The highest BCUT2D eigenvalue weighted by atomic mass is 16.5. The number of benzene rings is 1. The molecule has 0 radical (unpaired) electrons. The van der Waals surface area contributed by atoms with E-state index >= 15 is 0 Å². The van der Waals surface area contributed by atoms with Gasteiger partial charge in [0.15, 0.2) is 0 Å². The molecule has 2 rings (SSSR count). The summed E-state index contributed by atoms with van der Waals surface area (Å²) in [7, 11) is 1.65. The van der Waals surface area contributed by atoms with Crippen molar-refractivity contribution in [2.75, 3.05) is 13.7 Å². The third-order valence-electron chi connectivity index (χ3n) is 4.51. The Hall–Kier alpha value is -1.55. The predicted octanol–water partition coefficient (Wildman–Crippen LogP) is 2.64. The number of methoxy groups -OCH3 is 1. The standard InChI is InChI=1S/C17H26N2O2/c1-12(14-8-5-6-10-16(14)21-2)19-17(20)15-9-4-3-7-13(15)11-18/h5-6,8,10,12-13,15H,3-4,7,9,11,18H2,1-2H3,(H,19,20)/t12-,13?,15?/m0/s1. The zero-order valence-electron chi connectivity index (χ0n) is 13.0. The first-order chi connectivity index (χ1) is 10.2. The van der Waals surface area contributed by atoms with Gasteiger partial charge in [0, 0.05) is 11.5 Å². The van der Waals surface area contributed by atoms with E-state index in [1.54, 1.807) is 7.11 Å². The zero-order valence-corrected chi connectivity index (χ0v) is 13.0. The molecule has 1 amide bonds. The van der Waals surface area contributed by atoms with E-state index < -0.39 is 0 Å². The second kappa shape index (κ2) is 7.46. The monoisotopic (exact) mass is 290 g/mol. The minimum atomic E-state index is -0.0611. The molecule has 3 atom stereocenters. The van der Waals surface area contributed by atoms with Gasteiger partial charge in [0.2, 0.25) is 5.91 Å². The van der Waals surface area contributed by atoms with Crippen molar-refractivity contribution in [2.45, 2.75) is 38.6 Å². The number of nitrogens with one attached hydrogen (secondary N) is 1.